The summed E-state index contributed by atoms with van der Waals surface area (Å²) in [5.74, 6) is -0.599. The van der Waals surface area contributed by atoms with E-state index in [0.29, 0.717) is 31.5 Å². The molecule has 1 N–H and O–H groups in total. The molecule has 0 fully saturated rings. The van der Waals surface area contributed by atoms with Gasteiger partial charge in [0, 0.05) is 15.7 Å². The van der Waals surface area contributed by atoms with Gasteiger partial charge in [0.25, 0.3) is 11.5 Å². The van der Waals surface area contributed by atoms with Crippen molar-refractivity contribution in [1.82, 2.24) is 4.57 Å². The first-order chi connectivity index (χ1) is 16.8. The minimum absolute atomic E-state index is 0.170. The van der Waals surface area contributed by atoms with Crippen LogP contribution in [-0.4, -0.2) is 10.5 Å². The second kappa shape index (κ2) is 10.3. The zero-order valence-corrected chi connectivity index (χ0v) is 21.1. The number of thiazole rings is 1. The van der Waals surface area contributed by atoms with Crippen molar-refractivity contribution in [2.45, 2.75) is 13.8 Å². The number of amides is 1. The number of benzene rings is 3. The first kappa shape index (κ1) is 24.5. The Morgan fingerprint density at radius 2 is 1.77 bits per heavy atom. The number of anilines is 1. The number of nitrogens with one attached hydrogen (secondary N) is 1. The fourth-order valence-corrected chi connectivity index (χ4v) is 4.99. The summed E-state index contributed by atoms with van der Waals surface area (Å²) in [5, 5.41) is 13.6. The highest BCUT2D eigenvalue weighted by Gasteiger charge is 2.17. The van der Waals surface area contributed by atoms with Crippen LogP contribution in [0.15, 0.2) is 71.5 Å². The quantitative estimate of drug-likeness (QED) is 0.413. The van der Waals surface area contributed by atoms with Crippen LogP contribution in [0, 0.1) is 25.2 Å². The minimum Gasteiger partial charge on any atom is -0.321 e. The molecule has 0 saturated carbocycles. The van der Waals surface area contributed by atoms with E-state index in [-0.39, 0.29) is 15.8 Å². The van der Waals surface area contributed by atoms with E-state index in [4.69, 9.17) is 23.2 Å². The molecule has 4 rings (SSSR count). The van der Waals surface area contributed by atoms with E-state index in [1.165, 1.54) is 4.57 Å². The van der Waals surface area contributed by atoms with Crippen molar-refractivity contribution >= 4 is 57.8 Å². The second-order valence-corrected chi connectivity index (χ2v) is 9.67. The van der Waals surface area contributed by atoms with Crippen LogP contribution in [0.25, 0.3) is 17.3 Å². The van der Waals surface area contributed by atoms with Crippen LogP contribution in [0.4, 0.5) is 5.69 Å². The third kappa shape index (κ3) is 5.23. The van der Waals surface area contributed by atoms with E-state index in [1.54, 1.807) is 54.6 Å². The van der Waals surface area contributed by atoms with Crippen molar-refractivity contribution in [3.8, 4) is 11.8 Å². The largest absolute Gasteiger partial charge is 0.321 e. The van der Waals surface area contributed by atoms with Crippen LogP contribution in [0.1, 0.15) is 16.7 Å². The third-order valence-electron chi connectivity index (χ3n) is 5.40. The molecule has 174 valence electrons. The van der Waals surface area contributed by atoms with Crippen LogP contribution >= 0.6 is 34.5 Å². The Balaban J connectivity index is 1.95. The molecule has 0 aliphatic rings. The summed E-state index contributed by atoms with van der Waals surface area (Å²) in [6.07, 6.45) is 1.63. The first-order valence-electron chi connectivity index (χ1n) is 10.6. The number of para-hydroxylation sites is 1. The topological polar surface area (TPSA) is 74.9 Å². The maximum atomic E-state index is 13.5. The van der Waals surface area contributed by atoms with Crippen molar-refractivity contribution in [2.24, 2.45) is 0 Å². The molecule has 0 unspecified atom stereocenters. The Morgan fingerprint density at radius 3 is 2.43 bits per heavy atom. The van der Waals surface area contributed by atoms with Crippen LogP contribution in [0.2, 0.25) is 10.0 Å². The lowest BCUT2D eigenvalue weighted by atomic mass is 10.1. The Kier molecular flexibility index (Phi) is 7.23. The summed E-state index contributed by atoms with van der Waals surface area (Å²) in [6, 6.07) is 21.3. The number of carbonyl (C=O) groups excluding carboxylic acids is 1. The zero-order chi connectivity index (χ0) is 25.1. The molecule has 0 saturated heterocycles. The van der Waals surface area contributed by atoms with Crippen LogP contribution in [-0.2, 0) is 4.79 Å². The van der Waals surface area contributed by atoms with Gasteiger partial charge < -0.3 is 5.32 Å². The lowest BCUT2D eigenvalue weighted by Crippen LogP contribution is -2.32. The van der Waals surface area contributed by atoms with Gasteiger partial charge in [-0.3, -0.25) is 14.2 Å². The molecular formula is C27H19Cl2N3O2S. The number of nitrogens with zero attached hydrogens (tertiary/aromatic N) is 2. The standard InChI is InChI=1S/C27H19Cl2N3O2S/c1-16-8-11-20(12-17(16)2)31-25(33)22(15-30)27-32(21-6-4-3-5-7-21)26(34)24(35-27)13-18-9-10-19(28)14-23(18)29/h3-14H,1-2H3,(H,31,33)/b24-13+,27-22-. The summed E-state index contributed by atoms with van der Waals surface area (Å²) < 4.78 is 1.92. The van der Waals surface area contributed by atoms with E-state index < -0.39 is 5.91 Å². The molecule has 1 aromatic heterocycles. The monoisotopic (exact) mass is 519 g/mol. The van der Waals surface area contributed by atoms with E-state index in [0.717, 1.165) is 22.5 Å². The van der Waals surface area contributed by atoms with Crippen molar-refractivity contribution in [2.75, 3.05) is 5.32 Å². The molecule has 0 atom stereocenters. The van der Waals surface area contributed by atoms with Gasteiger partial charge in [-0.15, -0.1) is 11.3 Å². The molecule has 0 spiro atoms. The van der Waals surface area contributed by atoms with Gasteiger partial charge in [-0.1, -0.05) is 53.5 Å². The lowest BCUT2D eigenvalue weighted by Gasteiger charge is -2.07. The van der Waals surface area contributed by atoms with Crippen LogP contribution in [0.5, 0.6) is 0 Å². The van der Waals surface area contributed by atoms with Gasteiger partial charge in [0.2, 0.25) is 0 Å². The molecule has 1 amide bonds. The fourth-order valence-electron chi connectivity index (χ4n) is 3.43. The molecule has 0 aliphatic heterocycles. The summed E-state index contributed by atoms with van der Waals surface area (Å²) in [4.78, 5) is 26.6. The highest BCUT2D eigenvalue weighted by molar-refractivity contribution is 7.07. The number of aromatic nitrogens is 1. The number of hydrogen-bond donors (Lipinski definition) is 1. The van der Waals surface area contributed by atoms with Gasteiger partial charge in [-0.25, -0.2) is 0 Å². The van der Waals surface area contributed by atoms with E-state index >= 15 is 0 Å². The third-order valence-corrected chi connectivity index (χ3v) is 7.06. The SMILES string of the molecule is Cc1ccc(NC(=O)/C(C#N)=c2\s/c(=C/c3ccc(Cl)cc3Cl)c(=O)n2-c2ccccc2)cc1C. The van der Waals surface area contributed by atoms with Gasteiger partial charge in [0.05, 0.1) is 10.2 Å². The Hall–Kier alpha value is -3.63. The van der Waals surface area contributed by atoms with E-state index in [2.05, 4.69) is 5.32 Å². The van der Waals surface area contributed by atoms with Gasteiger partial charge >= 0.3 is 0 Å². The van der Waals surface area contributed by atoms with Gasteiger partial charge in [-0.05, 0) is 73.0 Å². The summed E-state index contributed by atoms with van der Waals surface area (Å²) in [5.41, 5.74) is 3.26. The number of nitriles is 1. The predicted molar refractivity (Wildman–Crippen MR) is 143 cm³/mol. The van der Waals surface area contributed by atoms with Crippen LogP contribution < -0.4 is 20.1 Å². The Labute approximate surface area is 215 Å². The molecule has 35 heavy (non-hydrogen) atoms. The summed E-state index contributed by atoms with van der Waals surface area (Å²) in [6.45, 7) is 3.92. The van der Waals surface area contributed by atoms with Crippen molar-refractivity contribution in [1.29, 1.82) is 5.26 Å². The smallest absolute Gasteiger partial charge is 0.273 e. The molecule has 5 nitrogen and oxygen atoms in total. The number of halogens is 2. The van der Waals surface area contributed by atoms with Gasteiger partial charge in [0.15, 0.2) is 5.57 Å². The van der Waals surface area contributed by atoms with Crippen molar-refractivity contribution in [3.63, 3.8) is 0 Å². The summed E-state index contributed by atoms with van der Waals surface area (Å²) in [7, 11) is 0. The molecule has 3 aromatic carbocycles. The van der Waals surface area contributed by atoms with E-state index in [9.17, 15) is 14.9 Å². The first-order valence-corrected chi connectivity index (χ1v) is 12.1. The second-order valence-electron chi connectivity index (χ2n) is 7.80. The minimum atomic E-state index is -0.599. The highest BCUT2D eigenvalue weighted by atomic mass is 35.5. The van der Waals surface area contributed by atoms with Crippen LogP contribution in [0.3, 0.4) is 0 Å². The number of carbonyl (C=O) groups is 1. The number of hydrogen-bond acceptors (Lipinski definition) is 4. The molecule has 0 radical (unpaired) electrons. The van der Waals surface area contributed by atoms with Crippen molar-refractivity contribution in [3.05, 3.63) is 113 Å². The van der Waals surface area contributed by atoms with Gasteiger partial charge in [0.1, 0.15) is 10.7 Å². The maximum Gasteiger partial charge on any atom is 0.273 e. The number of rotatable bonds is 4. The van der Waals surface area contributed by atoms with Gasteiger partial charge in [-0.2, -0.15) is 5.26 Å². The molecule has 8 heteroatoms. The molecular weight excluding hydrogens is 501 g/mol. The molecule has 0 bridgehead atoms. The Bertz CT molecular complexity index is 1670. The fraction of sp³-hybridized carbons (Fsp3) is 0.0741. The van der Waals surface area contributed by atoms with Crippen molar-refractivity contribution < 1.29 is 4.79 Å². The summed E-state index contributed by atoms with van der Waals surface area (Å²) >= 11 is 13.4. The maximum absolute atomic E-state index is 13.5. The molecule has 1 heterocycles. The molecule has 0 aliphatic carbocycles. The lowest BCUT2D eigenvalue weighted by molar-refractivity contribution is -0.111. The number of aryl methyl sites for hydroxylation is 2. The average molecular weight is 520 g/mol. The average Bonchev–Trinajstić information content (AvgIpc) is 3.14. The normalized spacial score (nSPS) is 12.3. The molecule has 4 aromatic rings. The van der Waals surface area contributed by atoms with E-state index in [1.807, 2.05) is 38.1 Å². The Morgan fingerprint density at radius 1 is 1.03 bits per heavy atom. The predicted octanol–water partition coefficient (Wildman–Crippen LogP) is 4.96. The highest BCUT2D eigenvalue weighted by Crippen LogP contribution is 2.21. The zero-order valence-electron chi connectivity index (χ0n) is 18.8.